The Balaban J connectivity index is 2.08. The van der Waals surface area contributed by atoms with Crippen molar-refractivity contribution in [3.63, 3.8) is 0 Å². The zero-order valence-electron chi connectivity index (χ0n) is 10.3. The number of nitriles is 1. The summed E-state index contributed by atoms with van der Waals surface area (Å²) in [5.41, 5.74) is 1.13. The molecule has 1 amide bonds. The second-order valence-corrected chi connectivity index (χ2v) is 4.66. The number of amides is 1. The van der Waals surface area contributed by atoms with Crippen molar-refractivity contribution in [1.29, 1.82) is 5.26 Å². The van der Waals surface area contributed by atoms with Gasteiger partial charge in [0, 0.05) is 5.56 Å². The molecule has 1 unspecified atom stereocenters. The van der Waals surface area contributed by atoms with Gasteiger partial charge in [-0.15, -0.1) is 0 Å². The van der Waals surface area contributed by atoms with E-state index in [9.17, 15) is 9.59 Å². The van der Waals surface area contributed by atoms with E-state index >= 15 is 0 Å². The first-order valence-electron chi connectivity index (χ1n) is 6.11. The quantitative estimate of drug-likeness (QED) is 0.834. The lowest BCUT2D eigenvalue weighted by atomic mass is 10.1. The molecule has 2 N–H and O–H groups in total. The topological polar surface area (TPSA) is 90.2 Å². The highest BCUT2D eigenvalue weighted by atomic mass is 16.4. The van der Waals surface area contributed by atoms with Gasteiger partial charge in [0.2, 0.25) is 0 Å². The molecular formula is C14H14N2O3. The Morgan fingerprint density at radius 3 is 2.79 bits per heavy atom. The third kappa shape index (κ3) is 3.32. The summed E-state index contributed by atoms with van der Waals surface area (Å²) in [6, 6.07) is 7.88. The number of hydrogen-bond donors (Lipinski definition) is 2. The molecule has 5 nitrogen and oxygen atoms in total. The molecule has 2 rings (SSSR count). The molecule has 1 aliphatic carbocycles. The fraction of sp³-hybridized carbons (Fsp3) is 0.357. The molecule has 1 aromatic carbocycles. The zero-order valence-corrected chi connectivity index (χ0v) is 10.3. The minimum Gasteiger partial charge on any atom is -0.480 e. The molecular weight excluding hydrogens is 244 g/mol. The zero-order chi connectivity index (χ0) is 13.8. The van der Waals surface area contributed by atoms with Crippen LogP contribution in [0, 0.1) is 17.2 Å². The van der Waals surface area contributed by atoms with Crippen molar-refractivity contribution in [2.75, 3.05) is 0 Å². The molecule has 0 radical (unpaired) electrons. The molecule has 1 atom stereocenters. The highest BCUT2D eigenvalue weighted by molar-refractivity contribution is 5.96. The fourth-order valence-corrected chi connectivity index (χ4v) is 1.95. The van der Waals surface area contributed by atoms with E-state index in [0.717, 1.165) is 18.4 Å². The summed E-state index contributed by atoms with van der Waals surface area (Å²) in [6.45, 7) is 0. The Morgan fingerprint density at radius 1 is 1.47 bits per heavy atom. The number of aliphatic carboxylic acids is 1. The van der Waals surface area contributed by atoms with Crippen LogP contribution in [-0.2, 0) is 11.2 Å². The number of nitrogens with one attached hydrogen (secondary N) is 1. The molecule has 98 valence electrons. The number of carbonyl (C=O) groups is 2. The highest BCUT2D eigenvalue weighted by Gasteiger charge is 2.37. The molecule has 0 saturated heterocycles. The average Bonchev–Trinajstić information content (AvgIpc) is 3.20. The lowest BCUT2D eigenvalue weighted by Gasteiger charge is -2.13. The Kier molecular flexibility index (Phi) is 3.81. The van der Waals surface area contributed by atoms with Crippen LogP contribution in [0.1, 0.15) is 28.8 Å². The van der Waals surface area contributed by atoms with Crippen molar-refractivity contribution in [3.8, 4) is 6.07 Å². The lowest BCUT2D eigenvalue weighted by molar-refractivity contribution is -0.139. The van der Waals surface area contributed by atoms with Crippen molar-refractivity contribution < 1.29 is 14.7 Å². The summed E-state index contributed by atoms with van der Waals surface area (Å²) in [5, 5.41) is 20.2. The van der Waals surface area contributed by atoms with Crippen LogP contribution < -0.4 is 5.32 Å². The predicted octanol–water partition coefficient (Wildman–Crippen LogP) is 1.35. The number of benzene rings is 1. The smallest absolute Gasteiger partial charge is 0.326 e. The number of carboxylic acid groups (broad SMARTS) is 1. The first-order chi connectivity index (χ1) is 9.11. The normalized spacial score (nSPS) is 15.3. The lowest BCUT2D eigenvalue weighted by Crippen LogP contribution is -2.42. The first-order valence-corrected chi connectivity index (χ1v) is 6.11. The van der Waals surface area contributed by atoms with Gasteiger partial charge in [0.25, 0.3) is 5.91 Å². The van der Waals surface area contributed by atoms with Crippen LogP contribution in [0.2, 0.25) is 0 Å². The maximum Gasteiger partial charge on any atom is 0.326 e. The van der Waals surface area contributed by atoms with Crippen LogP contribution in [0.25, 0.3) is 0 Å². The second-order valence-electron chi connectivity index (χ2n) is 4.66. The first kappa shape index (κ1) is 13.1. The maximum absolute atomic E-state index is 12.0. The van der Waals surface area contributed by atoms with Gasteiger partial charge < -0.3 is 10.4 Å². The Labute approximate surface area is 110 Å². The summed E-state index contributed by atoms with van der Waals surface area (Å²) in [5.74, 6) is -1.35. The summed E-state index contributed by atoms with van der Waals surface area (Å²) in [4.78, 5) is 23.1. The van der Waals surface area contributed by atoms with E-state index in [-0.39, 0.29) is 12.3 Å². The van der Waals surface area contributed by atoms with E-state index in [0.29, 0.717) is 5.56 Å². The van der Waals surface area contributed by atoms with Gasteiger partial charge >= 0.3 is 5.97 Å². The fourth-order valence-electron chi connectivity index (χ4n) is 1.95. The Morgan fingerprint density at radius 2 is 2.21 bits per heavy atom. The van der Waals surface area contributed by atoms with Crippen molar-refractivity contribution in [2.45, 2.75) is 25.3 Å². The Bertz CT molecular complexity index is 544. The molecule has 1 aliphatic rings. The van der Waals surface area contributed by atoms with Gasteiger partial charge in [0.15, 0.2) is 0 Å². The van der Waals surface area contributed by atoms with Crippen LogP contribution >= 0.6 is 0 Å². The van der Waals surface area contributed by atoms with E-state index in [2.05, 4.69) is 5.32 Å². The van der Waals surface area contributed by atoms with Gasteiger partial charge in [-0.1, -0.05) is 12.1 Å². The summed E-state index contributed by atoms with van der Waals surface area (Å²) < 4.78 is 0. The second kappa shape index (κ2) is 5.53. The number of carboxylic acids is 1. The average molecular weight is 258 g/mol. The van der Waals surface area contributed by atoms with Crippen molar-refractivity contribution >= 4 is 11.9 Å². The Hall–Kier alpha value is -2.35. The number of hydrogen-bond acceptors (Lipinski definition) is 3. The monoisotopic (exact) mass is 258 g/mol. The standard InChI is InChI=1S/C14H14N2O3/c15-7-6-9-2-1-3-11(8-9)13(17)16-12(14(18)19)10-4-5-10/h1-3,8,10,12H,4-6H2,(H,16,17)(H,18,19). The van der Waals surface area contributed by atoms with E-state index in [1.165, 1.54) is 0 Å². The summed E-state index contributed by atoms with van der Waals surface area (Å²) in [6.07, 6.45) is 1.91. The minimum absolute atomic E-state index is 0.0451. The molecule has 1 saturated carbocycles. The maximum atomic E-state index is 12.0. The molecule has 0 aromatic heterocycles. The minimum atomic E-state index is -0.996. The molecule has 0 heterocycles. The number of rotatable bonds is 5. The summed E-state index contributed by atoms with van der Waals surface area (Å²) >= 11 is 0. The van der Waals surface area contributed by atoms with Gasteiger partial charge in [0.1, 0.15) is 6.04 Å². The predicted molar refractivity (Wildman–Crippen MR) is 67.4 cm³/mol. The van der Waals surface area contributed by atoms with Crippen LogP contribution in [-0.4, -0.2) is 23.0 Å². The van der Waals surface area contributed by atoms with Gasteiger partial charge in [-0.2, -0.15) is 5.26 Å². The summed E-state index contributed by atoms with van der Waals surface area (Å²) in [7, 11) is 0. The van der Waals surface area contributed by atoms with Crippen molar-refractivity contribution in [2.24, 2.45) is 5.92 Å². The molecule has 1 fully saturated rings. The third-order valence-electron chi connectivity index (χ3n) is 3.12. The van der Waals surface area contributed by atoms with E-state index in [4.69, 9.17) is 10.4 Å². The molecule has 5 heteroatoms. The largest absolute Gasteiger partial charge is 0.480 e. The highest BCUT2D eigenvalue weighted by Crippen LogP contribution is 2.32. The van der Waals surface area contributed by atoms with E-state index in [1.807, 2.05) is 6.07 Å². The van der Waals surface area contributed by atoms with E-state index < -0.39 is 17.9 Å². The number of nitrogens with zero attached hydrogens (tertiary/aromatic N) is 1. The molecule has 0 bridgehead atoms. The molecule has 0 aliphatic heterocycles. The third-order valence-corrected chi connectivity index (χ3v) is 3.12. The van der Waals surface area contributed by atoms with Crippen molar-refractivity contribution in [3.05, 3.63) is 35.4 Å². The van der Waals surface area contributed by atoms with Gasteiger partial charge in [0.05, 0.1) is 12.5 Å². The SMILES string of the molecule is N#CCc1cccc(C(=O)NC(C(=O)O)C2CC2)c1. The van der Waals surface area contributed by atoms with Crippen LogP contribution in [0.3, 0.4) is 0 Å². The van der Waals surface area contributed by atoms with Crippen LogP contribution in [0.5, 0.6) is 0 Å². The van der Waals surface area contributed by atoms with Crippen LogP contribution in [0.4, 0.5) is 0 Å². The molecule has 19 heavy (non-hydrogen) atoms. The van der Waals surface area contributed by atoms with E-state index in [1.54, 1.807) is 24.3 Å². The number of carbonyl (C=O) groups excluding carboxylic acids is 1. The van der Waals surface area contributed by atoms with Crippen LogP contribution in [0.15, 0.2) is 24.3 Å². The van der Waals surface area contributed by atoms with Crippen molar-refractivity contribution in [1.82, 2.24) is 5.32 Å². The molecule has 1 aromatic rings. The van der Waals surface area contributed by atoms with Gasteiger partial charge in [-0.05, 0) is 36.5 Å². The van der Waals surface area contributed by atoms with Gasteiger partial charge in [-0.3, -0.25) is 4.79 Å². The van der Waals surface area contributed by atoms with Gasteiger partial charge in [-0.25, -0.2) is 4.79 Å². The molecule has 0 spiro atoms.